The van der Waals surface area contributed by atoms with E-state index in [9.17, 15) is 0 Å². The lowest BCUT2D eigenvalue weighted by Gasteiger charge is -2.02. The van der Waals surface area contributed by atoms with Crippen molar-refractivity contribution in [2.24, 2.45) is 5.73 Å². The van der Waals surface area contributed by atoms with Crippen molar-refractivity contribution < 1.29 is 4.74 Å². The minimum Gasteiger partial charge on any atom is -0.490 e. The molecule has 0 aromatic heterocycles. The van der Waals surface area contributed by atoms with Crippen LogP contribution in [0.25, 0.3) is 0 Å². The Morgan fingerprint density at radius 3 is 3.17 bits per heavy atom. The molecule has 0 spiro atoms. The van der Waals surface area contributed by atoms with Crippen LogP contribution in [0.5, 0.6) is 5.75 Å². The number of hydrogen-bond donors (Lipinski definition) is 1. The summed E-state index contributed by atoms with van der Waals surface area (Å²) in [6.45, 7) is 2.70. The summed E-state index contributed by atoms with van der Waals surface area (Å²) in [6.07, 6.45) is 1.34. The molecule has 0 saturated carbocycles. The second-order valence-corrected chi connectivity index (χ2v) is 3.28. The van der Waals surface area contributed by atoms with Crippen molar-refractivity contribution in [3.8, 4) is 5.75 Å². The van der Waals surface area contributed by atoms with E-state index in [2.05, 4.69) is 13.0 Å². The molecular weight excluding hydrogens is 150 g/mol. The maximum atomic E-state index is 5.57. The van der Waals surface area contributed by atoms with Gasteiger partial charge < -0.3 is 10.5 Å². The second kappa shape index (κ2) is 2.79. The molecule has 1 atom stereocenters. The van der Waals surface area contributed by atoms with Crippen LogP contribution in [0.2, 0.25) is 0 Å². The lowest BCUT2D eigenvalue weighted by molar-refractivity contribution is 0.254. The quantitative estimate of drug-likeness (QED) is 0.680. The highest BCUT2D eigenvalue weighted by Crippen LogP contribution is 2.29. The van der Waals surface area contributed by atoms with Crippen molar-refractivity contribution >= 4 is 0 Å². The first-order valence-electron chi connectivity index (χ1n) is 4.28. The number of hydrogen-bond acceptors (Lipinski definition) is 2. The van der Waals surface area contributed by atoms with Crippen molar-refractivity contribution in [1.82, 2.24) is 0 Å². The summed E-state index contributed by atoms with van der Waals surface area (Å²) in [6, 6.07) is 6.18. The second-order valence-electron chi connectivity index (χ2n) is 3.28. The monoisotopic (exact) mass is 163 g/mol. The average Bonchev–Trinajstić information content (AvgIpc) is 2.43. The van der Waals surface area contributed by atoms with E-state index in [1.165, 1.54) is 11.1 Å². The van der Waals surface area contributed by atoms with Gasteiger partial charge in [0.05, 0.1) is 0 Å². The normalized spacial score (nSPS) is 20.3. The minimum absolute atomic E-state index is 0.327. The molecule has 0 amide bonds. The largest absolute Gasteiger partial charge is 0.490 e. The lowest BCUT2D eigenvalue weighted by atomic mass is 10.1. The molecule has 2 rings (SSSR count). The van der Waals surface area contributed by atoms with E-state index < -0.39 is 0 Å². The van der Waals surface area contributed by atoms with Gasteiger partial charge in [-0.15, -0.1) is 0 Å². The summed E-state index contributed by atoms with van der Waals surface area (Å²) >= 11 is 0. The summed E-state index contributed by atoms with van der Waals surface area (Å²) < 4.78 is 5.57. The minimum atomic E-state index is 0.327. The summed E-state index contributed by atoms with van der Waals surface area (Å²) in [4.78, 5) is 0. The molecule has 0 radical (unpaired) electrons. The van der Waals surface area contributed by atoms with Crippen LogP contribution in [0.15, 0.2) is 18.2 Å². The van der Waals surface area contributed by atoms with E-state index in [-0.39, 0.29) is 0 Å². The van der Waals surface area contributed by atoms with Gasteiger partial charge in [-0.25, -0.2) is 0 Å². The standard InChI is InChI=1S/C10H13NO/c1-7-4-9-5-8(6-11)2-3-10(9)12-7/h2-3,5,7H,4,6,11H2,1H3/t7-/m0/s1. The summed E-state index contributed by atoms with van der Waals surface area (Å²) in [7, 11) is 0. The van der Waals surface area contributed by atoms with Crippen LogP contribution >= 0.6 is 0 Å². The molecule has 0 fully saturated rings. The molecule has 0 saturated heterocycles. The zero-order chi connectivity index (χ0) is 8.55. The lowest BCUT2D eigenvalue weighted by Crippen LogP contribution is -2.05. The first-order chi connectivity index (χ1) is 5.79. The first-order valence-corrected chi connectivity index (χ1v) is 4.28. The Morgan fingerprint density at radius 2 is 2.42 bits per heavy atom. The van der Waals surface area contributed by atoms with Crippen molar-refractivity contribution in [3.63, 3.8) is 0 Å². The third kappa shape index (κ3) is 1.18. The summed E-state index contributed by atoms with van der Waals surface area (Å²) in [5.74, 6) is 1.03. The molecule has 1 heterocycles. The average molecular weight is 163 g/mol. The zero-order valence-corrected chi connectivity index (χ0v) is 7.21. The number of fused-ring (bicyclic) bond motifs is 1. The molecule has 12 heavy (non-hydrogen) atoms. The van der Waals surface area contributed by atoms with Gasteiger partial charge in [0.2, 0.25) is 0 Å². The van der Waals surface area contributed by atoms with Crippen LogP contribution in [0.1, 0.15) is 18.1 Å². The maximum Gasteiger partial charge on any atom is 0.123 e. The van der Waals surface area contributed by atoms with E-state index in [1.807, 2.05) is 12.1 Å². The molecule has 0 bridgehead atoms. The topological polar surface area (TPSA) is 35.2 Å². The molecule has 2 nitrogen and oxygen atoms in total. The van der Waals surface area contributed by atoms with Gasteiger partial charge in [0.15, 0.2) is 0 Å². The molecule has 2 heteroatoms. The van der Waals surface area contributed by atoms with E-state index in [0.717, 1.165) is 12.2 Å². The van der Waals surface area contributed by atoms with Crippen LogP contribution in [-0.4, -0.2) is 6.10 Å². The molecular formula is C10H13NO. The zero-order valence-electron chi connectivity index (χ0n) is 7.21. The van der Waals surface area contributed by atoms with Crippen molar-refractivity contribution in [2.45, 2.75) is 26.0 Å². The van der Waals surface area contributed by atoms with Crippen LogP contribution in [0.3, 0.4) is 0 Å². The van der Waals surface area contributed by atoms with Crippen LogP contribution in [0, 0.1) is 0 Å². The molecule has 1 aromatic rings. The van der Waals surface area contributed by atoms with Gasteiger partial charge in [0.25, 0.3) is 0 Å². The fourth-order valence-electron chi connectivity index (χ4n) is 1.60. The summed E-state index contributed by atoms with van der Waals surface area (Å²) in [5, 5.41) is 0. The van der Waals surface area contributed by atoms with Crippen molar-refractivity contribution in [3.05, 3.63) is 29.3 Å². The fraction of sp³-hybridized carbons (Fsp3) is 0.400. The van der Waals surface area contributed by atoms with Gasteiger partial charge in [0.1, 0.15) is 11.9 Å². The van der Waals surface area contributed by atoms with Gasteiger partial charge in [-0.2, -0.15) is 0 Å². The molecule has 64 valence electrons. The number of nitrogens with two attached hydrogens (primary N) is 1. The highest BCUT2D eigenvalue weighted by Gasteiger charge is 2.18. The van der Waals surface area contributed by atoms with Gasteiger partial charge >= 0.3 is 0 Å². The SMILES string of the molecule is C[C@H]1Cc2cc(CN)ccc2O1. The van der Waals surface area contributed by atoms with Gasteiger partial charge in [0, 0.05) is 13.0 Å². The number of rotatable bonds is 1. The number of ether oxygens (including phenoxy) is 1. The van der Waals surface area contributed by atoms with Gasteiger partial charge in [-0.3, -0.25) is 0 Å². The van der Waals surface area contributed by atoms with Crippen molar-refractivity contribution in [1.29, 1.82) is 0 Å². The Morgan fingerprint density at radius 1 is 1.58 bits per heavy atom. The van der Waals surface area contributed by atoms with Crippen LogP contribution in [-0.2, 0) is 13.0 Å². The van der Waals surface area contributed by atoms with E-state index in [1.54, 1.807) is 0 Å². The number of benzene rings is 1. The summed E-state index contributed by atoms with van der Waals surface area (Å²) in [5.41, 5.74) is 8.02. The van der Waals surface area contributed by atoms with Crippen molar-refractivity contribution in [2.75, 3.05) is 0 Å². The molecule has 2 N–H and O–H groups in total. The van der Waals surface area contributed by atoms with Gasteiger partial charge in [-0.1, -0.05) is 12.1 Å². The molecule has 0 aliphatic carbocycles. The molecule has 0 unspecified atom stereocenters. The van der Waals surface area contributed by atoms with Crippen LogP contribution in [0.4, 0.5) is 0 Å². The Balaban J connectivity index is 2.35. The van der Waals surface area contributed by atoms with E-state index in [0.29, 0.717) is 12.6 Å². The maximum absolute atomic E-state index is 5.57. The van der Waals surface area contributed by atoms with Crippen LogP contribution < -0.4 is 10.5 Å². The first kappa shape index (κ1) is 7.62. The van der Waals surface area contributed by atoms with E-state index in [4.69, 9.17) is 10.5 Å². The molecule has 1 aliphatic heterocycles. The smallest absolute Gasteiger partial charge is 0.123 e. The highest BCUT2D eigenvalue weighted by molar-refractivity contribution is 5.40. The Bertz CT molecular complexity index is 296. The predicted molar refractivity (Wildman–Crippen MR) is 48.1 cm³/mol. The highest BCUT2D eigenvalue weighted by atomic mass is 16.5. The third-order valence-electron chi connectivity index (χ3n) is 2.20. The third-order valence-corrected chi connectivity index (χ3v) is 2.20. The van der Waals surface area contributed by atoms with E-state index >= 15 is 0 Å². The van der Waals surface area contributed by atoms with Gasteiger partial charge in [-0.05, 0) is 24.1 Å². The fourth-order valence-corrected chi connectivity index (χ4v) is 1.60. The Labute approximate surface area is 72.3 Å². The molecule has 1 aliphatic rings. The molecule has 1 aromatic carbocycles. The predicted octanol–water partition coefficient (Wildman–Crippen LogP) is 1.47. The Kier molecular flexibility index (Phi) is 1.77. The Hall–Kier alpha value is -1.02.